The minimum atomic E-state index is -0.231. The highest BCUT2D eigenvalue weighted by atomic mass is 16.5. The van der Waals surface area contributed by atoms with Crippen molar-refractivity contribution in [2.24, 2.45) is 5.11 Å². The van der Waals surface area contributed by atoms with Crippen LogP contribution in [0.1, 0.15) is 15.9 Å². The van der Waals surface area contributed by atoms with Crippen LogP contribution in [0.3, 0.4) is 0 Å². The number of rotatable bonds is 5. The van der Waals surface area contributed by atoms with Crippen LogP contribution in [0.15, 0.2) is 53.7 Å². The van der Waals surface area contributed by atoms with Gasteiger partial charge in [-0.15, -0.1) is 0 Å². The van der Waals surface area contributed by atoms with Crippen LogP contribution in [0.4, 0.5) is 5.69 Å². The van der Waals surface area contributed by atoms with Crippen LogP contribution in [0.25, 0.3) is 16.5 Å². The number of methoxy groups -OCH3 is 1. The van der Waals surface area contributed by atoms with Gasteiger partial charge >= 0.3 is 0 Å². The number of ether oxygens (including phenoxy) is 1. The van der Waals surface area contributed by atoms with E-state index in [0.29, 0.717) is 22.6 Å². The lowest BCUT2D eigenvalue weighted by Gasteiger charge is -2.03. The second-order valence-corrected chi connectivity index (χ2v) is 4.37. The van der Waals surface area contributed by atoms with Gasteiger partial charge < -0.3 is 9.84 Å². The standard InChI is InChI=1S/C16H13N3O3/c1-22-16-8-6-11(9-15(16)21)5-7-14(20)12-3-2-4-13(10-12)18-19-17/h2-10,21H,1H3/b7-5+. The van der Waals surface area contributed by atoms with E-state index in [0.717, 1.165) is 0 Å². The minimum absolute atomic E-state index is 0.00227. The van der Waals surface area contributed by atoms with E-state index in [1.807, 2.05) is 0 Å². The van der Waals surface area contributed by atoms with Gasteiger partial charge in [0.25, 0.3) is 0 Å². The second kappa shape index (κ2) is 6.97. The Balaban J connectivity index is 2.19. The van der Waals surface area contributed by atoms with Crippen molar-refractivity contribution in [2.45, 2.75) is 0 Å². The summed E-state index contributed by atoms with van der Waals surface area (Å²) in [6.07, 6.45) is 2.97. The lowest BCUT2D eigenvalue weighted by Crippen LogP contribution is -1.93. The second-order valence-electron chi connectivity index (χ2n) is 4.37. The monoisotopic (exact) mass is 295 g/mol. The van der Waals surface area contributed by atoms with E-state index in [1.54, 1.807) is 36.4 Å². The van der Waals surface area contributed by atoms with Crippen LogP contribution >= 0.6 is 0 Å². The molecule has 0 aromatic heterocycles. The van der Waals surface area contributed by atoms with Gasteiger partial charge in [-0.2, -0.15) is 0 Å². The number of carbonyl (C=O) groups is 1. The molecule has 0 fully saturated rings. The first-order chi connectivity index (χ1) is 10.6. The lowest BCUT2D eigenvalue weighted by molar-refractivity contribution is 0.104. The molecule has 1 N–H and O–H groups in total. The Morgan fingerprint density at radius 1 is 1.32 bits per heavy atom. The Hall–Kier alpha value is -3.24. The Bertz CT molecular complexity index is 778. The third-order valence-corrected chi connectivity index (χ3v) is 2.92. The Morgan fingerprint density at radius 3 is 2.82 bits per heavy atom. The number of carbonyl (C=O) groups excluding carboxylic acids is 1. The van der Waals surface area contributed by atoms with Crippen molar-refractivity contribution in [1.29, 1.82) is 0 Å². The van der Waals surface area contributed by atoms with Gasteiger partial charge in [-0.1, -0.05) is 35.5 Å². The van der Waals surface area contributed by atoms with E-state index in [9.17, 15) is 9.90 Å². The van der Waals surface area contributed by atoms with Crippen molar-refractivity contribution in [1.82, 2.24) is 0 Å². The Labute approximate surface area is 126 Å². The number of aromatic hydroxyl groups is 1. The fraction of sp³-hybridized carbons (Fsp3) is 0.0625. The summed E-state index contributed by atoms with van der Waals surface area (Å²) < 4.78 is 4.95. The van der Waals surface area contributed by atoms with Crippen LogP contribution in [-0.4, -0.2) is 18.0 Å². The highest BCUT2D eigenvalue weighted by Crippen LogP contribution is 2.26. The van der Waals surface area contributed by atoms with Gasteiger partial charge in [-0.25, -0.2) is 0 Å². The maximum absolute atomic E-state index is 12.1. The largest absolute Gasteiger partial charge is 0.504 e. The number of benzene rings is 2. The van der Waals surface area contributed by atoms with Gasteiger partial charge in [0.1, 0.15) is 0 Å². The van der Waals surface area contributed by atoms with Crippen molar-refractivity contribution < 1.29 is 14.6 Å². The molecular weight excluding hydrogens is 282 g/mol. The first-order valence-electron chi connectivity index (χ1n) is 6.38. The molecule has 2 rings (SSSR count). The topological polar surface area (TPSA) is 95.3 Å². The molecule has 0 aliphatic carbocycles. The van der Waals surface area contributed by atoms with E-state index >= 15 is 0 Å². The fourth-order valence-corrected chi connectivity index (χ4v) is 1.85. The summed E-state index contributed by atoms with van der Waals surface area (Å²) in [5.74, 6) is 0.137. The molecule has 110 valence electrons. The first kappa shape index (κ1) is 15.2. The summed E-state index contributed by atoms with van der Waals surface area (Å²) in [7, 11) is 1.46. The Kier molecular flexibility index (Phi) is 4.80. The molecule has 22 heavy (non-hydrogen) atoms. The number of nitrogens with zero attached hydrogens (tertiary/aromatic N) is 3. The zero-order chi connectivity index (χ0) is 15.9. The molecular formula is C16H13N3O3. The molecule has 0 radical (unpaired) electrons. The normalized spacial score (nSPS) is 10.2. The number of hydrogen-bond donors (Lipinski definition) is 1. The number of azide groups is 1. The molecule has 0 saturated carbocycles. The maximum Gasteiger partial charge on any atom is 0.185 e. The maximum atomic E-state index is 12.1. The molecule has 0 spiro atoms. The number of phenols is 1. The summed E-state index contributed by atoms with van der Waals surface area (Å²) in [5.41, 5.74) is 9.85. The van der Waals surface area contributed by atoms with Crippen molar-refractivity contribution in [3.63, 3.8) is 0 Å². The third-order valence-electron chi connectivity index (χ3n) is 2.92. The predicted octanol–water partition coefficient (Wildman–Crippen LogP) is 4.24. The third kappa shape index (κ3) is 3.65. The summed E-state index contributed by atoms with van der Waals surface area (Å²) in [6, 6.07) is 11.2. The van der Waals surface area contributed by atoms with Crippen LogP contribution in [0.5, 0.6) is 11.5 Å². The molecule has 0 bridgehead atoms. The molecule has 0 heterocycles. The summed E-state index contributed by atoms with van der Waals surface area (Å²) in [5, 5.41) is 13.1. The molecule has 0 aliphatic rings. The van der Waals surface area contributed by atoms with Gasteiger partial charge in [0.15, 0.2) is 17.3 Å². The number of allylic oxidation sites excluding steroid dienone is 1. The van der Waals surface area contributed by atoms with Crippen molar-refractivity contribution >= 4 is 17.5 Å². The van der Waals surface area contributed by atoms with E-state index < -0.39 is 0 Å². The Morgan fingerprint density at radius 2 is 2.14 bits per heavy atom. The molecule has 6 heteroatoms. The lowest BCUT2D eigenvalue weighted by atomic mass is 10.1. The van der Waals surface area contributed by atoms with Gasteiger partial charge in [-0.3, -0.25) is 4.79 Å². The van der Waals surface area contributed by atoms with Crippen LogP contribution in [0, 0.1) is 0 Å². The van der Waals surface area contributed by atoms with Gasteiger partial charge in [0.2, 0.25) is 0 Å². The van der Waals surface area contributed by atoms with Gasteiger partial charge in [-0.05, 0) is 35.4 Å². The molecule has 2 aromatic carbocycles. The van der Waals surface area contributed by atoms with E-state index in [2.05, 4.69) is 10.0 Å². The summed E-state index contributed by atoms with van der Waals surface area (Å²) >= 11 is 0. The van der Waals surface area contributed by atoms with E-state index in [1.165, 1.54) is 25.3 Å². The van der Waals surface area contributed by atoms with Crippen molar-refractivity contribution in [2.75, 3.05) is 7.11 Å². The molecule has 0 atom stereocenters. The van der Waals surface area contributed by atoms with Crippen molar-refractivity contribution in [3.05, 3.63) is 70.1 Å². The number of hydrogen-bond acceptors (Lipinski definition) is 4. The van der Waals surface area contributed by atoms with Gasteiger partial charge in [0, 0.05) is 16.2 Å². The predicted molar refractivity (Wildman–Crippen MR) is 83.3 cm³/mol. The van der Waals surface area contributed by atoms with Crippen molar-refractivity contribution in [3.8, 4) is 11.5 Å². The SMILES string of the molecule is COc1ccc(/C=C/C(=O)c2cccc(N=[N+]=[N-])c2)cc1O. The molecule has 2 aromatic rings. The molecule has 0 aliphatic heterocycles. The number of ketones is 1. The van der Waals surface area contributed by atoms with E-state index in [4.69, 9.17) is 10.3 Å². The average molecular weight is 295 g/mol. The molecule has 0 unspecified atom stereocenters. The van der Waals surface area contributed by atoms with Crippen LogP contribution in [-0.2, 0) is 0 Å². The number of phenolic OH excluding ortho intramolecular Hbond substituents is 1. The molecule has 6 nitrogen and oxygen atoms in total. The fourth-order valence-electron chi connectivity index (χ4n) is 1.85. The molecule has 0 saturated heterocycles. The summed E-state index contributed by atoms with van der Waals surface area (Å²) in [4.78, 5) is 14.8. The highest BCUT2D eigenvalue weighted by Gasteiger charge is 2.04. The zero-order valence-corrected chi connectivity index (χ0v) is 11.8. The first-order valence-corrected chi connectivity index (χ1v) is 6.38. The minimum Gasteiger partial charge on any atom is -0.504 e. The molecule has 0 amide bonds. The highest BCUT2D eigenvalue weighted by molar-refractivity contribution is 6.07. The quantitative estimate of drug-likeness (QED) is 0.294. The van der Waals surface area contributed by atoms with Gasteiger partial charge in [0.05, 0.1) is 7.11 Å². The smallest absolute Gasteiger partial charge is 0.185 e. The zero-order valence-electron chi connectivity index (χ0n) is 11.8. The average Bonchev–Trinajstić information content (AvgIpc) is 2.53. The van der Waals surface area contributed by atoms with Crippen LogP contribution < -0.4 is 4.74 Å². The van der Waals surface area contributed by atoms with Crippen LogP contribution in [0.2, 0.25) is 0 Å². The summed E-state index contributed by atoms with van der Waals surface area (Å²) in [6.45, 7) is 0. The van der Waals surface area contributed by atoms with E-state index in [-0.39, 0.29) is 11.5 Å².